The SMILES string of the molecule is CCCCCCCCCCCCCCC(O)CCCCC(CC)S(=O)(=O)[O-].[Na+]. The summed E-state index contributed by atoms with van der Waals surface area (Å²) in [5.74, 6) is 0. The van der Waals surface area contributed by atoms with Gasteiger partial charge in [0.2, 0.25) is 0 Å². The average molecular weight is 429 g/mol. The van der Waals surface area contributed by atoms with Crippen molar-refractivity contribution < 1.29 is 47.6 Å². The molecule has 0 radical (unpaired) electrons. The second-order valence-electron chi connectivity index (χ2n) is 8.14. The molecular formula is C22H45NaO4S. The molecule has 0 spiro atoms. The Labute approximate surface area is 197 Å². The summed E-state index contributed by atoms with van der Waals surface area (Å²) in [6.45, 7) is 3.99. The van der Waals surface area contributed by atoms with Gasteiger partial charge in [0.05, 0.1) is 16.2 Å². The summed E-state index contributed by atoms with van der Waals surface area (Å²) in [7, 11) is -4.16. The average Bonchev–Trinajstić information content (AvgIpc) is 2.61. The van der Waals surface area contributed by atoms with E-state index in [9.17, 15) is 18.1 Å². The predicted octanol–water partition coefficient (Wildman–Crippen LogP) is 3.33. The van der Waals surface area contributed by atoms with E-state index in [0.717, 1.165) is 19.3 Å². The van der Waals surface area contributed by atoms with Gasteiger partial charge < -0.3 is 9.66 Å². The minimum absolute atomic E-state index is 0. The molecule has 0 aromatic rings. The van der Waals surface area contributed by atoms with Crippen molar-refractivity contribution in [1.29, 1.82) is 0 Å². The molecule has 0 amide bonds. The Hall–Kier alpha value is 0.870. The summed E-state index contributed by atoms with van der Waals surface area (Å²) in [6.07, 6.45) is 19.4. The summed E-state index contributed by atoms with van der Waals surface area (Å²) in [5.41, 5.74) is 0. The van der Waals surface area contributed by atoms with E-state index in [0.29, 0.717) is 25.7 Å². The molecule has 0 aromatic heterocycles. The molecule has 0 fully saturated rings. The van der Waals surface area contributed by atoms with Gasteiger partial charge in [-0.2, -0.15) is 0 Å². The van der Waals surface area contributed by atoms with Crippen molar-refractivity contribution >= 4 is 10.1 Å². The standard InChI is InChI=1S/C22H46O4S.Na/c1-3-5-6-7-8-9-10-11-12-13-14-15-18-21(23)19-16-17-20-22(4-2)27(24,25)26;/h21-23H,3-20H2,1-2H3,(H,24,25,26);/q;+1/p-1. The molecular weight excluding hydrogens is 383 g/mol. The fourth-order valence-electron chi connectivity index (χ4n) is 3.67. The molecule has 4 nitrogen and oxygen atoms in total. The number of aliphatic hydroxyl groups excluding tert-OH is 1. The van der Waals surface area contributed by atoms with E-state index < -0.39 is 15.4 Å². The molecule has 0 aromatic carbocycles. The van der Waals surface area contributed by atoms with Crippen LogP contribution in [-0.4, -0.2) is 29.4 Å². The molecule has 1 N–H and O–H groups in total. The molecule has 6 heteroatoms. The van der Waals surface area contributed by atoms with Crippen LogP contribution in [0, 0.1) is 0 Å². The Kier molecular flexibility index (Phi) is 23.4. The number of rotatable bonds is 20. The monoisotopic (exact) mass is 428 g/mol. The van der Waals surface area contributed by atoms with Crippen LogP contribution in [0.3, 0.4) is 0 Å². The molecule has 0 saturated heterocycles. The van der Waals surface area contributed by atoms with E-state index in [2.05, 4.69) is 6.92 Å². The normalized spacial score (nSPS) is 13.9. The van der Waals surface area contributed by atoms with E-state index in [1.165, 1.54) is 70.6 Å². The second-order valence-corrected chi connectivity index (χ2v) is 9.79. The van der Waals surface area contributed by atoms with E-state index in [1.807, 2.05) is 0 Å². The maximum atomic E-state index is 11.0. The number of hydrogen-bond acceptors (Lipinski definition) is 4. The Morgan fingerprint density at radius 2 is 1.04 bits per heavy atom. The maximum absolute atomic E-state index is 11.0. The molecule has 0 aliphatic heterocycles. The van der Waals surface area contributed by atoms with Crippen LogP contribution < -0.4 is 29.6 Å². The Morgan fingerprint density at radius 3 is 1.43 bits per heavy atom. The molecule has 28 heavy (non-hydrogen) atoms. The molecule has 2 atom stereocenters. The molecule has 0 bridgehead atoms. The van der Waals surface area contributed by atoms with Gasteiger partial charge in [0.25, 0.3) is 0 Å². The zero-order valence-electron chi connectivity index (χ0n) is 19.0. The van der Waals surface area contributed by atoms with Crippen molar-refractivity contribution in [3.8, 4) is 0 Å². The first-order chi connectivity index (χ1) is 12.9. The number of hydrogen-bond donors (Lipinski definition) is 1. The third-order valence-electron chi connectivity index (χ3n) is 5.57. The van der Waals surface area contributed by atoms with Crippen LogP contribution in [0.2, 0.25) is 0 Å². The van der Waals surface area contributed by atoms with Crippen LogP contribution in [0.25, 0.3) is 0 Å². The first kappa shape index (κ1) is 31.1. The van der Waals surface area contributed by atoms with E-state index in [4.69, 9.17) is 0 Å². The summed E-state index contributed by atoms with van der Waals surface area (Å²) in [4.78, 5) is 0. The predicted molar refractivity (Wildman–Crippen MR) is 114 cm³/mol. The van der Waals surface area contributed by atoms with Gasteiger partial charge in [-0.1, -0.05) is 104 Å². The summed E-state index contributed by atoms with van der Waals surface area (Å²) >= 11 is 0. The van der Waals surface area contributed by atoms with Gasteiger partial charge >= 0.3 is 29.6 Å². The van der Waals surface area contributed by atoms with E-state index in [-0.39, 0.29) is 35.7 Å². The fraction of sp³-hybridized carbons (Fsp3) is 1.00. The minimum Gasteiger partial charge on any atom is -0.748 e. The van der Waals surface area contributed by atoms with Gasteiger partial charge in [-0.15, -0.1) is 0 Å². The van der Waals surface area contributed by atoms with Crippen LogP contribution in [0.5, 0.6) is 0 Å². The van der Waals surface area contributed by atoms with Crippen LogP contribution in [0.1, 0.15) is 129 Å². The fourth-order valence-corrected chi connectivity index (χ4v) is 4.53. The Morgan fingerprint density at radius 1 is 0.679 bits per heavy atom. The maximum Gasteiger partial charge on any atom is 1.00 e. The van der Waals surface area contributed by atoms with Gasteiger partial charge in [-0.25, -0.2) is 8.42 Å². The first-order valence-corrected chi connectivity index (χ1v) is 13.0. The van der Waals surface area contributed by atoms with Crippen LogP contribution >= 0.6 is 0 Å². The van der Waals surface area contributed by atoms with Gasteiger partial charge in [-0.3, -0.25) is 0 Å². The van der Waals surface area contributed by atoms with Crippen LogP contribution in [0.4, 0.5) is 0 Å². The van der Waals surface area contributed by atoms with Gasteiger partial charge in [-0.05, 0) is 25.7 Å². The zero-order chi connectivity index (χ0) is 20.4. The van der Waals surface area contributed by atoms with Crippen molar-refractivity contribution in [2.24, 2.45) is 0 Å². The van der Waals surface area contributed by atoms with Crippen molar-refractivity contribution in [1.82, 2.24) is 0 Å². The molecule has 0 heterocycles. The topological polar surface area (TPSA) is 77.4 Å². The number of aliphatic hydroxyl groups is 1. The Balaban J connectivity index is 0. The molecule has 164 valence electrons. The van der Waals surface area contributed by atoms with Gasteiger partial charge in [0.15, 0.2) is 0 Å². The van der Waals surface area contributed by atoms with Crippen molar-refractivity contribution in [2.45, 2.75) is 141 Å². The van der Waals surface area contributed by atoms with Crippen LogP contribution in [-0.2, 0) is 10.1 Å². The third-order valence-corrected chi connectivity index (χ3v) is 6.95. The van der Waals surface area contributed by atoms with Gasteiger partial charge in [0, 0.05) is 5.25 Å². The molecule has 0 aliphatic carbocycles. The first-order valence-electron chi connectivity index (χ1n) is 11.5. The second kappa shape index (κ2) is 21.1. The Bertz CT molecular complexity index is 415. The molecule has 0 rings (SSSR count). The molecule has 2 unspecified atom stereocenters. The molecule has 0 saturated carbocycles. The number of unbranched alkanes of at least 4 members (excludes halogenated alkanes) is 12. The largest absolute Gasteiger partial charge is 1.00 e. The smallest absolute Gasteiger partial charge is 0.748 e. The van der Waals surface area contributed by atoms with Gasteiger partial charge in [0.1, 0.15) is 0 Å². The van der Waals surface area contributed by atoms with Crippen molar-refractivity contribution in [2.75, 3.05) is 0 Å². The van der Waals surface area contributed by atoms with E-state index >= 15 is 0 Å². The summed E-state index contributed by atoms with van der Waals surface area (Å²) < 4.78 is 33.1. The quantitative estimate of drug-likeness (QED) is 0.183. The van der Waals surface area contributed by atoms with Crippen molar-refractivity contribution in [3.05, 3.63) is 0 Å². The van der Waals surface area contributed by atoms with Crippen LogP contribution in [0.15, 0.2) is 0 Å². The zero-order valence-corrected chi connectivity index (χ0v) is 21.8. The summed E-state index contributed by atoms with van der Waals surface area (Å²) in [6, 6.07) is 0. The molecule has 0 aliphatic rings. The van der Waals surface area contributed by atoms with E-state index in [1.54, 1.807) is 6.92 Å². The van der Waals surface area contributed by atoms with Crippen molar-refractivity contribution in [3.63, 3.8) is 0 Å². The minimum atomic E-state index is -4.16. The third kappa shape index (κ3) is 20.2. The summed E-state index contributed by atoms with van der Waals surface area (Å²) in [5, 5.41) is 9.25.